The minimum Gasteiger partial charge on any atom is -0.486 e. The van der Waals surface area contributed by atoms with Crippen molar-refractivity contribution in [3.8, 4) is 16.2 Å². The minimum atomic E-state index is -0.291. The lowest BCUT2D eigenvalue weighted by atomic mass is 9.64. The fourth-order valence-corrected chi connectivity index (χ4v) is 5.62. The SMILES string of the molecule is C[C@H]1CC[C@@H]2[C@@H](C1)c1c(c(-c3cccs3)c(Cl)[nH]c1=O)OC2(C)C. The Bertz CT molecular complexity index is 825. The van der Waals surface area contributed by atoms with E-state index in [1.165, 1.54) is 6.42 Å². The Hall–Kier alpha value is -1.26. The van der Waals surface area contributed by atoms with Crippen molar-refractivity contribution in [3.05, 3.63) is 38.6 Å². The number of thiophene rings is 1. The highest BCUT2D eigenvalue weighted by Gasteiger charge is 2.48. The average molecular weight is 364 g/mol. The first kappa shape index (κ1) is 16.2. The summed E-state index contributed by atoms with van der Waals surface area (Å²) in [6.07, 6.45) is 3.35. The maximum Gasteiger partial charge on any atom is 0.256 e. The first-order valence-electron chi connectivity index (χ1n) is 8.57. The van der Waals surface area contributed by atoms with Gasteiger partial charge in [0.2, 0.25) is 0 Å². The minimum absolute atomic E-state index is 0.0880. The summed E-state index contributed by atoms with van der Waals surface area (Å²) in [7, 11) is 0. The molecule has 4 rings (SSSR count). The quantitative estimate of drug-likeness (QED) is 0.684. The van der Waals surface area contributed by atoms with E-state index in [2.05, 4.69) is 25.8 Å². The van der Waals surface area contributed by atoms with Crippen molar-refractivity contribution in [2.24, 2.45) is 11.8 Å². The number of H-pyrrole nitrogens is 1. The van der Waals surface area contributed by atoms with Crippen LogP contribution in [0.2, 0.25) is 5.15 Å². The molecule has 128 valence electrons. The predicted molar refractivity (Wildman–Crippen MR) is 99.3 cm³/mol. The van der Waals surface area contributed by atoms with Crippen LogP contribution in [0.4, 0.5) is 0 Å². The maximum atomic E-state index is 12.8. The van der Waals surface area contributed by atoms with Crippen LogP contribution in [-0.2, 0) is 0 Å². The highest BCUT2D eigenvalue weighted by Crippen LogP contribution is 2.54. The molecule has 1 aliphatic carbocycles. The Morgan fingerprint density at radius 1 is 1.38 bits per heavy atom. The summed E-state index contributed by atoms with van der Waals surface area (Å²) in [6, 6.07) is 4.02. The molecule has 3 heterocycles. The summed E-state index contributed by atoms with van der Waals surface area (Å²) in [6.45, 7) is 6.58. The molecule has 3 atom stereocenters. The molecule has 5 heteroatoms. The van der Waals surface area contributed by atoms with Crippen LogP contribution >= 0.6 is 22.9 Å². The second-order valence-electron chi connectivity index (χ2n) is 7.70. The molecule has 1 N–H and O–H groups in total. The molecule has 2 aliphatic rings. The van der Waals surface area contributed by atoms with Gasteiger partial charge >= 0.3 is 0 Å². The summed E-state index contributed by atoms with van der Waals surface area (Å²) in [5, 5.41) is 2.39. The van der Waals surface area contributed by atoms with Crippen LogP contribution in [0, 0.1) is 11.8 Å². The lowest BCUT2D eigenvalue weighted by Gasteiger charge is -2.48. The smallest absolute Gasteiger partial charge is 0.256 e. The molecule has 0 spiro atoms. The third-order valence-corrected chi connectivity index (χ3v) is 6.84. The van der Waals surface area contributed by atoms with Gasteiger partial charge in [-0.05, 0) is 50.0 Å². The topological polar surface area (TPSA) is 42.1 Å². The number of pyridine rings is 1. The third kappa shape index (κ3) is 2.42. The molecule has 0 amide bonds. The highest BCUT2D eigenvalue weighted by molar-refractivity contribution is 7.13. The zero-order chi connectivity index (χ0) is 17.1. The van der Waals surface area contributed by atoms with Crippen LogP contribution in [0.1, 0.15) is 51.5 Å². The van der Waals surface area contributed by atoms with Gasteiger partial charge in [-0.15, -0.1) is 11.3 Å². The van der Waals surface area contributed by atoms with Crippen molar-refractivity contribution in [1.82, 2.24) is 4.98 Å². The fourth-order valence-electron chi connectivity index (χ4n) is 4.52. The van der Waals surface area contributed by atoms with Gasteiger partial charge in [-0.25, -0.2) is 0 Å². The summed E-state index contributed by atoms with van der Waals surface area (Å²) in [5.74, 6) is 1.95. The van der Waals surface area contributed by atoms with Crippen LogP contribution in [0.5, 0.6) is 5.75 Å². The maximum absolute atomic E-state index is 12.8. The molecule has 2 aromatic heterocycles. The predicted octanol–water partition coefficient (Wildman–Crippen LogP) is 5.45. The van der Waals surface area contributed by atoms with Gasteiger partial charge in [0.25, 0.3) is 5.56 Å². The Kier molecular flexibility index (Phi) is 3.81. The number of aromatic amines is 1. The molecule has 1 saturated carbocycles. The zero-order valence-corrected chi connectivity index (χ0v) is 15.8. The normalized spacial score (nSPS) is 27.9. The van der Waals surface area contributed by atoms with Crippen LogP contribution in [0.3, 0.4) is 0 Å². The van der Waals surface area contributed by atoms with Crippen molar-refractivity contribution >= 4 is 22.9 Å². The second kappa shape index (κ2) is 5.63. The van der Waals surface area contributed by atoms with Gasteiger partial charge in [-0.1, -0.05) is 31.0 Å². The molecule has 0 unspecified atom stereocenters. The van der Waals surface area contributed by atoms with Crippen LogP contribution in [0.15, 0.2) is 22.3 Å². The van der Waals surface area contributed by atoms with E-state index in [0.29, 0.717) is 22.7 Å². The van der Waals surface area contributed by atoms with E-state index in [-0.39, 0.29) is 17.1 Å². The van der Waals surface area contributed by atoms with Crippen molar-refractivity contribution in [2.75, 3.05) is 0 Å². The van der Waals surface area contributed by atoms with E-state index >= 15 is 0 Å². The van der Waals surface area contributed by atoms with Gasteiger partial charge in [0.1, 0.15) is 16.5 Å². The number of fused-ring (bicyclic) bond motifs is 3. The molecule has 0 saturated heterocycles. The number of aromatic nitrogens is 1. The largest absolute Gasteiger partial charge is 0.486 e. The molecule has 2 aromatic rings. The molecule has 0 aromatic carbocycles. The Morgan fingerprint density at radius 3 is 2.88 bits per heavy atom. The lowest BCUT2D eigenvalue weighted by Crippen LogP contribution is -2.48. The monoisotopic (exact) mass is 363 g/mol. The molecule has 0 radical (unpaired) electrons. The van der Waals surface area contributed by atoms with Gasteiger partial charge in [-0.2, -0.15) is 0 Å². The first-order chi connectivity index (χ1) is 11.4. The van der Waals surface area contributed by atoms with Crippen LogP contribution < -0.4 is 10.3 Å². The van der Waals surface area contributed by atoms with E-state index in [9.17, 15) is 4.79 Å². The first-order valence-corrected chi connectivity index (χ1v) is 9.83. The molecule has 1 aliphatic heterocycles. The number of halogens is 1. The van der Waals surface area contributed by atoms with E-state index in [1.807, 2.05) is 17.5 Å². The van der Waals surface area contributed by atoms with Gasteiger partial charge in [0, 0.05) is 10.8 Å². The van der Waals surface area contributed by atoms with Crippen molar-refractivity contribution < 1.29 is 4.74 Å². The Morgan fingerprint density at radius 2 is 2.17 bits per heavy atom. The summed E-state index contributed by atoms with van der Waals surface area (Å²) in [5.41, 5.74) is 1.26. The summed E-state index contributed by atoms with van der Waals surface area (Å²) < 4.78 is 6.44. The fraction of sp³-hybridized carbons (Fsp3) is 0.526. The lowest BCUT2D eigenvalue weighted by molar-refractivity contribution is -0.0137. The molecular weight excluding hydrogens is 342 g/mol. The molecule has 0 bridgehead atoms. The number of hydrogen-bond donors (Lipinski definition) is 1. The third-order valence-electron chi connectivity index (χ3n) is 5.67. The van der Waals surface area contributed by atoms with Gasteiger partial charge in [0.05, 0.1) is 11.1 Å². The number of hydrogen-bond acceptors (Lipinski definition) is 3. The standard InChI is InChI=1S/C19H22ClNO2S/c1-10-6-7-12-11(9-10)14-16(23-19(12,2)3)15(13-5-4-8-24-13)17(20)21-18(14)22/h4-5,8,10-12H,6-7,9H2,1-3H3,(H,21,22)/t10-,11+,12+/m0/s1. The van der Waals surface area contributed by atoms with Crippen molar-refractivity contribution in [2.45, 2.75) is 51.6 Å². The molecule has 3 nitrogen and oxygen atoms in total. The van der Waals surface area contributed by atoms with Gasteiger partial charge in [-0.3, -0.25) is 4.79 Å². The average Bonchev–Trinajstić information content (AvgIpc) is 2.99. The molecule has 24 heavy (non-hydrogen) atoms. The van der Waals surface area contributed by atoms with Crippen LogP contribution in [-0.4, -0.2) is 10.6 Å². The van der Waals surface area contributed by atoms with Gasteiger partial charge < -0.3 is 9.72 Å². The summed E-state index contributed by atoms with van der Waals surface area (Å²) >= 11 is 8.04. The van der Waals surface area contributed by atoms with E-state index < -0.39 is 0 Å². The number of rotatable bonds is 1. The van der Waals surface area contributed by atoms with E-state index in [1.54, 1.807) is 11.3 Å². The highest BCUT2D eigenvalue weighted by atomic mass is 35.5. The second-order valence-corrected chi connectivity index (χ2v) is 9.03. The molecular formula is C19H22ClNO2S. The van der Waals surface area contributed by atoms with Crippen molar-refractivity contribution in [1.29, 1.82) is 0 Å². The van der Waals surface area contributed by atoms with Crippen LogP contribution in [0.25, 0.3) is 10.4 Å². The number of ether oxygens (including phenoxy) is 1. The Labute approximate surface area is 151 Å². The zero-order valence-electron chi connectivity index (χ0n) is 14.2. The van der Waals surface area contributed by atoms with Gasteiger partial charge in [0.15, 0.2) is 0 Å². The van der Waals surface area contributed by atoms with E-state index in [4.69, 9.17) is 16.3 Å². The van der Waals surface area contributed by atoms with Crippen molar-refractivity contribution in [3.63, 3.8) is 0 Å². The Balaban J connectivity index is 1.98. The van der Waals surface area contributed by atoms with E-state index in [0.717, 1.165) is 28.8 Å². The summed E-state index contributed by atoms with van der Waals surface area (Å²) in [4.78, 5) is 16.7. The number of nitrogens with one attached hydrogen (secondary N) is 1. The molecule has 1 fully saturated rings.